The Labute approximate surface area is 120 Å². The Morgan fingerprint density at radius 3 is 2.60 bits per heavy atom. The first-order valence-corrected chi connectivity index (χ1v) is 6.94. The fraction of sp³-hybridized carbons (Fsp3) is 0.143. The van der Waals surface area contributed by atoms with E-state index in [0.29, 0.717) is 11.5 Å². The van der Waals surface area contributed by atoms with E-state index in [4.69, 9.17) is 5.11 Å². The third kappa shape index (κ3) is 3.83. The summed E-state index contributed by atoms with van der Waals surface area (Å²) in [6.45, 7) is 0.490. The van der Waals surface area contributed by atoms with E-state index in [1.54, 1.807) is 5.38 Å². The third-order valence-electron chi connectivity index (χ3n) is 2.66. The van der Waals surface area contributed by atoms with E-state index in [0.717, 1.165) is 12.0 Å². The van der Waals surface area contributed by atoms with Crippen molar-refractivity contribution in [3.63, 3.8) is 0 Å². The molecule has 0 radical (unpaired) electrons. The molecule has 1 aromatic heterocycles. The number of hydrogen-bond donors (Lipinski definition) is 3. The third-order valence-corrected chi connectivity index (χ3v) is 3.49. The number of carbonyl (C=O) groups is 2. The van der Waals surface area contributed by atoms with Gasteiger partial charge < -0.3 is 10.4 Å². The molecule has 0 aliphatic carbocycles. The molecule has 0 spiro atoms. The van der Waals surface area contributed by atoms with Gasteiger partial charge in [-0.3, -0.25) is 5.32 Å². The molecule has 0 unspecified atom stereocenters. The number of carboxylic acid groups (broad SMARTS) is 1. The number of aromatic carboxylic acids is 1. The van der Waals surface area contributed by atoms with Crippen molar-refractivity contribution in [1.29, 1.82) is 0 Å². The monoisotopic (exact) mass is 290 g/mol. The average molecular weight is 290 g/mol. The summed E-state index contributed by atoms with van der Waals surface area (Å²) >= 11 is 1.18. The summed E-state index contributed by atoms with van der Waals surface area (Å²) in [6.07, 6.45) is 0.727. The van der Waals surface area contributed by atoms with Crippen molar-refractivity contribution in [3.05, 3.63) is 52.9 Å². The second-order valence-electron chi connectivity index (χ2n) is 4.09. The lowest BCUT2D eigenvalue weighted by Gasteiger charge is -2.07. The summed E-state index contributed by atoms with van der Waals surface area (Å²) in [7, 11) is 0. The summed E-state index contributed by atoms with van der Waals surface area (Å²) in [5.41, 5.74) is 1.24. The van der Waals surface area contributed by atoms with Gasteiger partial charge in [0.2, 0.25) is 0 Å². The van der Waals surface area contributed by atoms with Crippen LogP contribution in [0.1, 0.15) is 15.9 Å². The van der Waals surface area contributed by atoms with Gasteiger partial charge in [-0.2, -0.15) is 0 Å². The number of nitrogens with one attached hydrogen (secondary N) is 2. The molecular formula is C14H14N2O3S. The number of hydrogen-bond acceptors (Lipinski definition) is 3. The summed E-state index contributed by atoms with van der Waals surface area (Å²) in [5.74, 6) is -1.05. The van der Waals surface area contributed by atoms with Gasteiger partial charge in [-0.15, -0.1) is 11.3 Å². The van der Waals surface area contributed by atoms with E-state index in [1.807, 2.05) is 30.3 Å². The Balaban J connectivity index is 1.81. The summed E-state index contributed by atoms with van der Waals surface area (Å²) < 4.78 is 0. The first-order valence-electron chi connectivity index (χ1n) is 6.06. The van der Waals surface area contributed by atoms with Crippen LogP contribution in [0.15, 0.2) is 41.8 Å². The quantitative estimate of drug-likeness (QED) is 0.792. The predicted molar refractivity (Wildman–Crippen MR) is 78.4 cm³/mol. The predicted octanol–water partition coefficient (Wildman–Crippen LogP) is 2.81. The molecule has 0 aliphatic rings. The fourth-order valence-corrected chi connectivity index (χ4v) is 2.46. The molecule has 6 heteroatoms. The highest BCUT2D eigenvalue weighted by Gasteiger charge is 2.13. The Morgan fingerprint density at radius 2 is 1.90 bits per heavy atom. The number of benzene rings is 1. The maximum Gasteiger partial charge on any atom is 0.338 e. The zero-order chi connectivity index (χ0) is 14.4. The maximum absolute atomic E-state index is 11.7. The van der Waals surface area contributed by atoms with E-state index < -0.39 is 12.0 Å². The van der Waals surface area contributed by atoms with Crippen LogP contribution in [-0.4, -0.2) is 23.7 Å². The molecule has 2 amide bonds. The van der Waals surface area contributed by atoms with E-state index in [1.165, 1.54) is 17.4 Å². The van der Waals surface area contributed by atoms with Gasteiger partial charge in [0, 0.05) is 6.54 Å². The second-order valence-corrected chi connectivity index (χ2v) is 5.00. The lowest BCUT2D eigenvalue weighted by atomic mass is 10.1. The smallest absolute Gasteiger partial charge is 0.338 e. The molecule has 1 aromatic carbocycles. The Kier molecular flexibility index (Phi) is 4.73. The zero-order valence-electron chi connectivity index (χ0n) is 10.6. The normalized spacial score (nSPS) is 10.0. The topological polar surface area (TPSA) is 78.4 Å². The van der Waals surface area contributed by atoms with Crippen LogP contribution >= 0.6 is 11.3 Å². The van der Waals surface area contributed by atoms with Crippen LogP contribution in [0, 0.1) is 0 Å². The maximum atomic E-state index is 11.7. The lowest BCUT2D eigenvalue weighted by Crippen LogP contribution is -2.30. The van der Waals surface area contributed by atoms with E-state index >= 15 is 0 Å². The molecular weight excluding hydrogens is 276 g/mol. The van der Waals surface area contributed by atoms with Crippen LogP contribution in [0.5, 0.6) is 0 Å². The average Bonchev–Trinajstić information content (AvgIpc) is 2.88. The Bertz CT molecular complexity index is 595. The molecule has 20 heavy (non-hydrogen) atoms. The molecule has 0 saturated heterocycles. The van der Waals surface area contributed by atoms with Crippen molar-refractivity contribution in [1.82, 2.24) is 5.32 Å². The van der Waals surface area contributed by atoms with Crippen LogP contribution < -0.4 is 10.6 Å². The number of carbonyl (C=O) groups excluding carboxylic acids is 1. The number of amides is 2. The van der Waals surface area contributed by atoms with Gasteiger partial charge in [-0.05, 0) is 23.4 Å². The summed E-state index contributed by atoms with van der Waals surface area (Å²) in [5, 5.41) is 16.1. The van der Waals surface area contributed by atoms with Crippen LogP contribution in [0.2, 0.25) is 0 Å². The number of urea groups is 1. The molecule has 104 valence electrons. The number of anilines is 1. The van der Waals surface area contributed by atoms with Crippen molar-refractivity contribution in [2.45, 2.75) is 6.42 Å². The number of thiophene rings is 1. The Hall–Kier alpha value is -2.34. The molecule has 5 nitrogen and oxygen atoms in total. The highest BCUT2D eigenvalue weighted by Crippen LogP contribution is 2.22. The van der Waals surface area contributed by atoms with Crippen LogP contribution in [0.25, 0.3) is 0 Å². The molecule has 0 atom stereocenters. The minimum Gasteiger partial charge on any atom is -0.478 e. The number of rotatable bonds is 5. The second kappa shape index (κ2) is 6.72. The van der Waals surface area contributed by atoms with Crippen molar-refractivity contribution in [3.8, 4) is 0 Å². The molecule has 2 aromatic rings. The van der Waals surface area contributed by atoms with E-state index in [2.05, 4.69) is 10.6 Å². The van der Waals surface area contributed by atoms with Gasteiger partial charge >= 0.3 is 12.0 Å². The molecule has 1 heterocycles. The lowest BCUT2D eigenvalue weighted by molar-refractivity contribution is 0.0698. The highest BCUT2D eigenvalue weighted by atomic mass is 32.1. The molecule has 2 rings (SSSR count). The van der Waals surface area contributed by atoms with Gasteiger partial charge in [0.05, 0.1) is 5.56 Å². The number of carboxylic acids is 1. The SMILES string of the molecule is O=C(NCCc1ccccc1)Nc1sccc1C(=O)O. The van der Waals surface area contributed by atoms with Crippen LogP contribution in [-0.2, 0) is 6.42 Å². The largest absolute Gasteiger partial charge is 0.478 e. The van der Waals surface area contributed by atoms with E-state index in [9.17, 15) is 9.59 Å². The Morgan fingerprint density at radius 1 is 1.15 bits per heavy atom. The zero-order valence-corrected chi connectivity index (χ0v) is 11.4. The van der Waals surface area contributed by atoms with Gasteiger partial charge in [0.1, 0.15) is 5.00 Å². The van der Waals surface area contributed by atoms with Gasteiger partial charge in [-0.1, -0.05) is 30.3 Å². The van der Waals surface area contributed by atoms with Gasteiger partial charge in [0.25, 0.3) is 0 Å². The first kappa shape index (κ1) is 14.1. The van der Waals surface area contributed by atoms with Crippen molar-refractivity contribution in [2.75, 3.05) is 11.9 Å². The standard InChI is InChI=1S/C14H14N2O3S/c17-13(18)11-7-9-20-12(11)16-14(19)15-8-6-10-4-2-1-3-5-10/h1-5,7,9H,6,8H2,(H,17,18)(H2,15,16,19). The molecule has 0 aliphatic heterocycles. The summed E-state index contributed by atoms with van der Waals surface area (Å²) in [6, 6.07) is 10.9. The van der Waals surface area contributed by atoms with Gasteiger partial charge in [0.15, 0.2) is 0 Å². The van der Waals surface area contributed by atoms with Crippen molar-refractivity contribution < 1.29 is 14.7 Å². The van der Waals surface area contributed by atoms with Crippen molar-refractivity contribution in [2.24, 2.45) is 0 Å². The molecule has 3 N–H and O–H groups in total. The minimum atomic E-state index is -1.05. The van der Waals surface area contributed by atoms with E-state index in [-0.39, 0.29) is 5.56 Å². The highest BCUT2D eigenvalue weighted by molar-refractivity contribution is 7.14. The first-order chi connectivity index (χ1) is 9.66. The summed E-state index contributed by atoms with van der Waals surface area (Å²) in [4.78, 5) is 22.6. The molecule has 0 saturated carbocycles. The molecule has 0 bridgehead atoms. The van der Waals surface area contributed by atoms with Gasteiger partial charge in [-0.25, -0.2) is 9.59 Å². The minimum absolute atomic E-state index is 0.105. The molecule has 0 fully saturated rings. The van der Waals surface area contributed by atoms with Crippen molar-refractivity contribution >= 4 is 28.3 Å². The van der Waals surface area contributed by atoms with Crippen LogP contribution in [0.3, 0.4) is 0 Å². The van der Waals surface area contributed by atoms with Crippen LogP contribution in [0.4, 0.5) is 9.80 Å². The fourth-order valence-electron chi connectivity index (χ4n) is 1.69.